The molecule has 0 unspecified atom stereocenters. The van der Waals surface area contributed by atoms with Gasteiger partial charge in [-0.05, 0) is 32.3 Å². The molecule has 1 amide bonds. The lowest BCUT2D eigenvalue weighted by Gasteiger charge is -2.35. The lowest BCUT2D eigenvalue weighted by atomic mass is 10.0. The monoisotopic (exact) mass is 489 g/mol. The van der Waals surface area contributed by atoms with E-state index in [4.69, 9.17) is 16.7 Å². The maximum Gasteiger partial charge on any atom is 0.267 e. The average Bonchev–Trinajstić information content (AvgIpc) is 3.25. The SMILES string of the molecule is CC1=CCCC(Cl)=C1NC(=O)c1cnc(Nc2cc(N3CCN(CCO)CC3)nc(C)n2)s1. The highest BCUT2D eigenvalue weighted by Crippen LogP contribution is 2.28. The van der Waals surface area contributed by atoms with Crippen molar-refractivity contribution < 1.29 is 9.90 Å². The van der Waals surface area contributed by atoms with Gasteiger partial charge in [0.05, 0.1) is 18.5 Å². The Labute approximate surface area is 202 Å². The molecule has 9 nitrogen and oxygen atoms in total. The fraction of sp³-hybridized carbons (Fsp3) is 0.455. The summed E-state index contributed by atoms with van der Waals surface area (Å²) in [6.07, 6.45) is 5.24. The summed E-state index contributed by atoms with van der Waals surface area (Å²) >= 11 is 7.56. The molecular weight excluding hydrogens is 462 g/mol. The summed E-state index contributed by atoms with van der Waals surface area (Å²) in [5.41, 5.74) is 1.66. The Morgan fingerprint density at radius 2 is 2.03 bits per heavy atom. The second kappa shape index (κ2) is 10.6. The molecule has 33 heavy (non-hydrogen) atoms. The highest BCUT2D eigenvalue weighted by atomic mass is 35.5. The molecule has 2 aromatic rings. The number of thiazole rings is 1. The van der Waals surface area contributed by atoms with E-state index in [0.29, 0.717) is 38.9 Å². The number of carbonyl (C=O) groups excluding carboxylic acids is 1. The number of aryl methyl sites for hydroxylation is 1. The maximum atomic E-state index is 12.7. The van der Waals surface area contributed by atoms with Crippen molar-refractivity contribution >= 4 is 45.6 Å². The molecule has 3 heterocycles. The molecule has 176 valence electrons. The Bertz CT molecular complexity index is 1080. The first-order chi connectivity index (χ1) is 15.9. The van der Waals surface area contributed by atoms with Crippen LogP contribution in [0.25, 0.3) is 0 Å². The molecule has 2 aromatic heterocycles. The zero-order chi connectivity index (χ0) is 23.4. The number of halogens is 1. The standard InChI is InChI=1S/C22H28ClN7O2S/c1-14-4-3-5-16(23)20(14)28-21(32)17-13-24-22(33-17)27-18-12-19(26-15(2)25-18)30-8-6-29(7-9-30)10-11-31/h4,12-13,31H,3,5-11H2,1-2H3,(H,28,32)(H,24,25,26,27). The molecule has 0 bridgehead atoms. The Morgan fingerprint density at radius 3 is 2.76 bits per heavy atom. The number of aliphatic hydroxyl groups excluding tert-OH is 1. The van der Waals surface area contributed by atoms with Gasteiger partial charge < -0.3 is 20.6 Å². The van der Waals surface area contributed by atoms with Crippen LogP contribution in [0.4, 0.5) is 16.8 Å². The van der Waals surface area contributed by atoms with Gasteiger partial charge in [-0.1, -0.05) is 29.0 Å². The first kappa shape index (κ1) is 23.6. The highest BCUT2D eigenvalue weighted by molar-refractivity contribution is 7.17. The van der Waals surface area contributed by atoms with Crippen LogP contribution >= 0.6 is 22.9 Å². The van der Waals surface area contributed by atoms with E-state index in [2.05, 4.69) is 41.5 Å². The second-order valence-electron chi connectivity index (χ2n) is 8.03. The summed E-state index contributed by atoms with van der Waals surface area (Å²) in [5, 5.41) is 16.5. The van der Waals surface area contributed by atoms with Gasteiger partial charge in [0.25, 0.3) is 5.91 Å². The van der Waals surface area contributed by atoms with Gasteiger partial charge >= 0.3 is 0 Å². The van der Waals surface area contributed by atoms with Gasteiger partial charge in [-0.3, -0.25) is 9.69 Å². The summed E-state index contributed by atoms with van der Waals surface area (Å²) in [7, 11) is 0. The number of aromatic nitrogens is 3. The lowest BCUT2D eigenvalue weighted by molar-refractivity contribution is 0.0970. The number of rotatable bonds is 7. The fourth-order valence-electron chi connectivity index (χ4n) is 3.86. The number of aliphatic hydroxyl groups is 1. The van der Waals surface area contributed by atoms with Crippen LogP contribution in [-0.2, 0) is 0 Å². The number of allylic oxidation sites excluding steroid dienone is 3. The minimum atomic E-state index is -0.233. The molecule has 4 rings (SSSR count). The number of anilines is 3. The minimum absolute atomic E-state index is 0.176. The van der Waals surface area contributed by atoms with Crippen LogP contribution in [0.1, 0.15) is 35.3 Å². The van der Waals surface area contributed by atoms with Gasteiger partial charge in [-0.15, -0.1) is 0 Å². The molecule has 0 atom stereocenters. The summed E-state index contributed by atoms with van der Waals surface area (Å²) < 4.78 is 0. The van der Waals surface area contributed by atoms with E-state index >= 15 is 0 Å². The number of carbonyl (C=O) groups is 1. The Kier molecular flexibility index (Phi) is 7.59. The fourth-order valence-corrected chi connectivity index (χ4v) is 4.89. The molecule has 0 aromatic carbocycles. The van der Waals surface area contributed by atoms with Crippen molar-refractivity contribution in [3.05, 3.63) is 45.3 Å². The number of piperazine rings is 1. The first-order valence-electron chi connectivity index (χ1n) is 11.0. The van der Waals surface area contributed by atoms with Crippen LogP contribution in [0.2, 0.25) is 0 Å². The summed E-state index contributed by atoms with van der Waals surface area (Å²) in [6.45, 7) is 8.11. The number of hydrogen-bond acceptors (Lipinski definition) is 9. The Balaban J connectivity index is 1.42. The number of hydrogen-bond donors (Lipinski definition) is 3. The highest BCUT2D eigenvalue weighted by Gasteiger charge is 2.20. The van der Waals surface area contributed by atoms with E-state index in [1.54, 1.807) is 6.20 Å². The summed E-state index contributed by atoms with van der Waals surface area (Å²) in [4.78, 5) is 31.1. The van der Waals surface area contributed by atoms with E-state index in [1.165, 1.54) is 11.3 Å². The largest absolute Gasteiger partial charge is 0.395 e. The number of amides is 1. The second-order valence-corrected chi connectivity index (χ2v) is 9.51. The van der Waals surface area contributed by atoms with Crippen LogP contribution in [0.15, 0.2) is 34.6 Å². The molecule has 0 saturated carbocycles. The third-order valence-electron chi connectivity index (χ3n) is 5.62. The van der Waals surface area contributed by atoms with Gasteiger partial charge in [0.1, 0.15) is 22.3 Å². The molecule has 0 radical (unpaired) electrons. The summed E-state index contributed by atoms with van der Waals surface area (Å²) in [6, 6.07) is 1.90. The quantitative estimate of drug-likeness (QED) is 0.545. The van der Waals surface area contributed by atoms with Gasteiger partial charge in [0.2, 0.25) is 0 Å². The predicted molar refractivity (Wildman–Crippen MR) is 131 cm³/mol. The van der Waals surface area contributed by atoms with Crippen molar-refractivity contribution in [3.8, 4) is 0 Å². The van der Waals surface area contributed by atoms with Gasteiger partial charge in [-0.25, -0.2) is 15.0 Å². The van der Waals surface area contributed by atoms with E-state index in [9.17, 15) is 4.79 Å². The molecule has 1 fully saturated rings. The van der Waals surface area contributed by atoms with E-state index in [-0.39, 0.29) is 12.5 Å². The molecule has 2 aliphatic rings. The lowest BCUT2D eigenvalue weighted by Crippen LogP contribution is -2.47. The zero-order valence-corrected chi connectivity index (χ0v) is 20.3. The molecule has 3 N–H and O–H groups in total. The van der Waals surface area contributed by atoms with E-state index in [0.717, 1.165) is 50.4 Å². The maximum absolute atomic E-state index is 12.7. The topological polar surface area (TPSA) is 107 Å². The normalized spacial score (nSPS) is 17.2. The smallest absolute Gasteiger partial charge is 0.267 e. The predicted octanol–water partition coefficient (Wildman–Crippen LogP) is 3.02. The van der Waals surface area contributed by atoms with Crippen LogP contribution in [0.5, 0.6) is 0 Å². The Morgan fingerprint density at radius 1 is 1.24 bits per heavy atom. The number of nitrogens with zero attached hydrogens (tertiary/aromatic N) is 5. The van der Waals surface area contributed by atoms with E-state index in [1.807, 2.05) is 19.9 Å². The van der Waals surface area contributed by atoms with Crippen molar-refractivity contribution in [2.45, 2.75) is 26.7 Å². The van der Waals surface area contributed by atoms with Gasteiger partial charge in [-0.2, -0.15) is 0 Å². The first-order valence-corrected chi connectivity index (χ1v) is 12.2. The zero-order valence-electron chi connectivity index (χ0n) is 18.8. The molecule has 1 saturated heterocycles. The van der Waals surface area contributed by atoms with Gasteiger partial charge in [0, 0.05) is 43.8 Å². The Hall–Kier alpha value is -2.53. The molecule has 11 heteroatoms. The van der Waals surface area contributed by atoms with Crippen LogP contribution < -0.4 is 15.5 Å². The minimum Gasteiger partial charge on any atom is -0.395 e. The van der Waals surface area contributed by atoms with Crippen LogP contribution in [-0.4, -0.2) is 70.2 Å². The van der Waals surface area contributed by atoms with Crippen molar-refractivity contribution in [2.24, 2.45) is 0 Å². The molecular formula is C22H28ClN7O2S. The van der Waals surface area contributed by atoms with Crippen molar-refractivity contribution in [1.29, 1.82) is 0 Å². The van der Waals surface area contributed by atoms with Crippen molar-refractivity contribution in [2.75, 3.05) is 49.5 Å². The molecule has 1 aliphatic carbocycles. The number of nitrogens with one attached hydrogen (secondary N) is 2. The summed E-state index contributed by atoms with van der Waals surface area (Å²) in [5.74, 6) is 1.91. The molecule has 0 spiro atoms. The van der Waals surface area contributed by atoms with Crippen molar-refractivity contribution in [3.63, 3.8) is 0 Å². The van der Waals surface area contributed by atoms with Gasteiger partial charge in [0.15, 0.2) is 5.13 Å². The third kappa shape index (κ3) is 5.89. The van der Waals surface area contributed by atoms with Crippen LogP contribution in [0.3, 0.4) is 0 Å². The molecule has 1 aliphatic heterocycles. The third-order valence-corrected chi connectivity index (χ3v) is 6.91. The van der Waals surface area contributed by atoms with Crippen LogP contribution in [0, 0.1) is 6.92 Å². The average molecular weight is 490 g/mol. The van der Waals surface area contributed by atoms with Crippen molar-refractivity contribution in [1.82, 2.24) is 25.2 Å². The number of β-amino-alcohol motifs (C(OH)–C–C–N with tert-alkyl or cyclic N) is 1. The van der Waals surface area contributed by atoms with E-state index < -0.39 is 0 Å².